The van der Waals surface area contributed by atoms with Crippen LogP contribution in [-0.2, 0) is 17.8 Å². The number of piperidine rings is 1. The third-order valence-corrected chi connectivity index (χ3v) is 7.66. The zero-order valence-electron chi connectivity index (χ0n) is 25.3. The van der Waals surface area contributed by atoms with Crippen LogP contribution in [0, 0.1) is 18.8 Å². The number of nitrogens with zero attached hydrogens (tertiary/aromatic N) is 8. The van der Waals surface area contributed by atoms with Crippen LogP contribution in [0.2, 0.25) is 0 Å². The molecule has 0 bridgehead atoms. The fourth-order valence-corrected chi connectivity index (χ4v) is 5.82. The van der Waals surface area contributed by atoms with Gasteiger partial charge in [-0.05, 0) is 53.5 Å². The zero-order valence-corrected chi connectivity index (χ0v) is 25.3. The number of anilines is 2. The van der Waals surface area contributed by atoms with Gasteiger partial charge in [0.05, 0.1) is 31.7 Å². The molecule has 0 spiro atoms. The van der Waals surface area contributed by atoms with Crippen molar-refractivity contribution >= 4 is 40.6 Å². The topological polar surface area (TPSA) is 121 Å². The molecule has 1 saturated heterocycles. The molecule has 1 aromatic carbocycles. The Morgan fingerprint density at radius 3 is 2.77 bits per heavy atom. The Bertz CT molecular complexity index is 1680. The summed E-state index contributed by atoms with van der Waals surface area (Å²) >= 11 is 0. The standard InChI is InChI=1S/C31H37N9O3/c1-6-7-16-38-25-26(35-29(38)37-15-10-11-21(18-37)43-30(42)36-31(3,4)5)39-17-14-32-28(39)40(27(25)41)19-24-33-20(2)22-12-8-9-13-23(22)34-24/h8-9,12-13,21H,10-11,14-19H2,1-5H3,(H,36,42)/t21-/m1/s1. The first-order valence-corrected chi connectivity index (χ1v) is 14.7. The van der Waals surface area contributed by atoms with Crippen LogP contribution >= 0.6 is 0 Å². The minimum atomic E-state index is -0.436. The van der Waals surface area contributed by atoms with E-state index in [1.165, 1.54) is 0 Å². The number of amides is 2. The molecule has 1 fully saturated rings. The number of hydrogen-bond donors (Lipinski definition) is 1. The number of benzene rings is 1. The Morgan fingerprint density at radius 2 is 1.98 bits per heavy atom. The molecular formula is C31H37N9O3. The zero-order chi connectivity index (χ0) is 30.3. The minimum absolute atomic E-state index is 0.182. The molecule has 0 saturated carbocycles. The van der Waals surface area contributed by atoms with Gasteiger partial charge in [0.15, 0.2) is 11.5 Å². The van der Waals surface area contributed by atoms with Gasteiger partial charge in [-0.1, -0.05) is 24.1 Å². The van der Waals surface area contributed by atoms with Crippen molar-refractivity contribution in [3.8, 4) is 11.8 Å². The first-order chi connectivity index (χ1) is 20.6. The van der Waals surface area contributed by atoms with E-state index in [1.807, 2.05) is 61.4 Å². The fraction of sp³-hybridized carbons (Fsp3) is 0.484. The SMILES string of the molecule is CC#CCn1c(N2CCC[C@@H](OC(=O)NC(C)(C)C)C2)nc2c1C(=O)N(Cc1nc(C)c3ccccc3n1)C1=NCCN12. The molecule has 0 aliphatic carbocycles. The van der Waals surface area contributed by atoms with Crippen molar-refractivity contribution in [3.05, 3.63) is 41.5 Å². The summed E-state index contributed by atoms with van der Waals surface area (Å²) in [6.45, 7) is 12.3. The summed E-state index contributed by atoms with van der Waals surface area (Å²) in [5, 5.41) is 3.86. The lowest BCUT2D eigenvalue weighted by Crippen LogP contribution is -2.50. The average Bonchev–Trinajstić information content (AvgIpc) is 3.59. The summed E-state index contributed by atoms with van der Waals surface area (Å²) in [6.07, 6.45) is 0.831. The number of aliphatic imine (C=N–C) groups is 1. The molecule has 1 atom stereocenters. The lowest BCUT2D eigenvalue weighted by atomic mass is 10.1. The van der Waals surface area contributed by atoms with Gasteiger partial charge in [0.2, 0.25) is 11.9 Å². The van der Waals surface area contributed by atoms with E-state index < -0.39 is 11.6 Å². The molecule has 2 aromatic heterocycles. The Balaban J connectivity index is 1.33. The van der Waals surface area contributed by atoms with E-state index in [-0.39, 0.29) is 18.6 Å². The maximum Gasteiger partial charge on any atom is 0.407 e. The Morgan fingerprint density at radius 1 is 1.16 bits per heavy atom. The summed E-state index contributed by atoms with van der Waals surface area (Å²) in [5.74, 6) is 8.19. The highest BCUT2D eigenvalue weighted by atomic mass is 16.6. The molecule has 3 aromatic rings. The van der Waals surface area contributed by atoms with Gasteiger partial charge in [0.1, 0.15) is 11.9 Å². The largest absolute Gasteiger partial charge is 0.444 e. The number of carbonyl (C=O) groups is 2. The van der Waals surface area contributed by atoms with Crippen LogP contribution in [0.1, 0.15) is 62.5 Å². The molecule has 1 N–H and O–H groups in total. The number of guanidine groups is 1. The number of hydrogen-bond acceptors (Lipinski definition) is 9. The average molecular weight is 584 g/mol. The van der Waals surface area contributed by atoms with Gasteiger partial charge >= 0.3 is 6.09 Å². The first kappa shape index (κ1) is 28.5. The second-order valence-corrected chi connectivity index (χ2v) is 12.1. The van der Waals surface area contributed by atoms with Crippen LogP contribution in [-0.4, -0.2) is 80.2 Å². The van der Waals surface area contributed by atoms with Crippen molar-refractivity contribution in [2.45, 2.75) is 72.2 Å². The molecule has 224 valence electrons. The second-order valence-electron chi connectivity index (χ2n) is 12.1. The first-order valence-electron chi connectivity index (χ1n) is 14.7. The number of aromatic nitrogens is 4. The molecule has 43 heavy (non-hydrogen) atoms. The van der Waals surface area contributed by atoms with Crippen molar-refractivity contribution in [3.63, 3.8) is 0 Å². The number of rotatable bonds is 5. The van der Waals surface area contributed by atoms with Crippen LogP contribution in [0.4, 0.5) is 16.6 Å². The van der Waals surface area contributed by atoms with E-state index in [9.17, 15) is 9.59 Å². The molecule has 3 aliphatic heterocycles. The fourth-order valence-electron chi connectivity index (χ4n) is 5.82. The number of nitrogens with one attached hydrogen (secondary N) is 1. The van der Waals surface area contributed by atoms with Gasteiger partial charge in [-0.3, -0.25) is 24.2 Å². The molecule has 6 rings (SSSR count). The van der Waals surface area contributed by atoms with E-state index in [4.69, 9.17) is 24.7 Å². The second kappa shape index (κ2) is 11.2. The van der Waals surface area contributed by atoms with Crippen LogP contribution in [0.25, 0.3) is 10.9 Å². The lowest BCUT2D eigenvalue weighted by Gasteiger charge is -2.34. The normalized spacial score (nSPS) is 18.2. The summed E-state index contributed by atoms with van der Waals surface area (Å²) in [6, 6.07) is 7.87. The van der Waals surface area contributed by atoms with Gasteiger partial charge in [-0.2, -0.15) is 4.98 Å². The van der Waals surface area contributed by atoms with Crippen molar-refractivity contribution in [1.82, 2.24) is 29.7 Å². The number of carbonyl (C=O) groups excluding carboxylic acids is 2. The maximum absolute atomic E-state index is 14.3. The molecule has 0 unspecified atom stereocenters. The van der Waals surface area contributed by atoms with Crippen molar-refractivity contribution < 1.29 is 14.3 Å². The molecule has 0 radical (unpaired) electrons. The van der Waals surface area contributed by atoms with Crippen molar-refractivity contribution in [2.75, 3.05) is 36.0 Å². The maximum atomic E-state index is 14.3. The molecule has 12 nitrogen and oxygen atoms in total. The van der Waals surface area contributed by atoms with Gasteiger partial charge < -0.3 is 15.0 Å². The summed E-state index contributed by atoms with van der Waals surface area (Å²) < 4.78 is 7.67. The Labute approximate surface area is 251 Å². The van der Waals surface area contributed by atoms with Crippen LogP contribution in [0.3, 0.4) is 0 Å². The third kappa shape index (κ3) is 5.59. The predicted molar refractivity (Wildman–Crippen MR) is 164 cm³/mol. The van der Waals surface area contributed by atoms with Gasteiger partial charge in [0.25, 0.3) is 5.91 Å². The predicted octanol–water partition coefficient (Wildman–Crippen LogP) is 3.48. The molecule has 5 heterocycles. The van der Waals surface area contributed by atoms with E-state index in [0.29, 0.717) is 55.4 Å². The lowest BCUT2D eigenvalue weighted by molar-refractivity contribution is 0.0820. The highest BCUT2D eigenvalue weighted by Gasteiger charge is 2.43. The molecule has 3 aliphatic rings. The van der Waals surface area contributed by atoms with E-state index in [1.54, 1.807) is 11.8 Å². The van der Waals surface area contributed by atoms with Crippen LogP contribution in [0.5, 0.6) is 0 Å². The number of ether oxygens (including phenoxy) is 1. The Hall–Kier alpha value is -4.66. The molecule has 2 amide bonds. The smallest absolute Gasteiger partial charge is 0.407 e. The highest BCUT2D eigenvalue weighted by molar-refractivity contribution is 6.18. The number of fused-ring (bicyclic) bond motifs is 4. The van der Waals surface area contributed by atoms with Crippen LogP contribution < -0.4 is 15.1 Å². The van der Waals surface area contributed by atoms with Gasteiger partial charge in [-0.25, -0.2) is 14.8 Å². The van der Waals surface area contributed by atoms with E-state index in [2.05, 4.69) is 22.1 Å². The Kier molecular flexibility index (Phi) is 7.42. The number of imidazole rings is 1. The summed E-state index contributed by atoms with van der Waals surface area (Å²) in [4.78, 5) is 51.8. The number of aryl methyl sites for hydroxylation is 1. The van der Waals surface area contributed by atoms with Crippen molar-refractivity contribution in [1.29, 1.82) is 0 Å². The van der Waals surface area contributed by atoms with Gasteiger partial charge in [0, 0.05) is 29.7 Å². The summed E-state index contributed by atoms with van der Waals surface area (Å²) in [7, 11) is 0. The van der Waals surface area contributed by atoms with E-state index >= 15 is 0 Å². The quantitative estimate of drug-likeness (QED) is 0.454. The third-order valence-electron chi connectivity index (χ3n) is 7.66. The van der Waals surface area contributed by atoms with Crippen molar-refractivity contribution in [2.24, 2.45) is 4.99 Å². The van der Waals surface area contributed by atoms with E-state index in [0.717, 1.165) is 36.0 Å². The number of alkyl carbamates (subject to hydrolysis) is 1. The van der Waals surface area contributed by atoms with Gasteiger partial charge in [-0.15, -0.1) is 5.92 Å². The number of para-hydroxylation sites is 1. The molecular weight excluding hydrogens is 546 g/mol. The minimum Gasteiger partial charge on any atom is -0.444 e. The van der Waals surface area contributed by atoms with Crippen LogP contribution in [0.15, 0.2) is 29.3 Å². The summed E-state index contributed by atoms with van der Waals surface area (Å²) in [5.41, 5.74) is 1.77. The monoisotopic (exact) mass is 583 g/mol. The highest BCUT2D eigenvalue weighted by Crippen LogP contribution is 2.35. The molecule has 12 heteroatoms.